The first-order valence-electron chi connectivity index (χ1n) is 6.49. The van der Waals surface area contributed by atoms with Gasteiger partial charge in [-0.25, -0.2) is 0 Å². The van der Waals surface area contributed by atoms with Crippen LogP contribution in [0.25, 0.3) is 0 Å². The molecule has 1 atom stereocenters. The van der Waals surface area contributed by atoms with E-state index in [0.29, 0.717) is 11.5 Å². The highest BCUT2D eigenvalue weighted by Gasteiger charge is 2.36. The van der Waals surface area contributed by atoms with Crippen LogP contribution in [0.15, 0.2) is 11.4 Å². The number of fused-ring (bicyclic) bond motifs is 1. The Morgan fingerprint density at radius 1 is 1.41 bits per heavy atom. The molecule has 2 rings (SSSR count). The van der Waals surface area contributed by atoms with Gasteiger partial charge in [-0.15, -0.1) is 11.3 Å². The lowest BCUT2D eigenvalue weighted by Gasteiger charge is -2.44. The van der Waals surface area contributed by atoms with Crippen LogP contribution in [0, 0.1) is 11.3 Å². The van der Waals surface area contributed by atoms with E-state index in [9.17, 15) is 0 Å². The van der Waals surface area contributed by atoms with Crippen molar-refractivity contribution in [2.45, 2.75) is 47.1 Å². The van der Waals surface area contributed by atoms with Crippen molar-refractivity contribution in [1.82, 2.24) is 4.90 Å². The molecule has 0 aliphatic carbocycles. The zero-order valence-corrected chi connectivity index (χ0v) is 12.5. The van der Waals surface area contributed by atoms with Gasteiger partial charge in [-0.05, 0) is 34.8 Å². The molecule has 2 heterocycles. The van der Waals surface area contributed by atoms with Gasteiger partial charge >= 0.3 is 0 Å². The molecule has 0 spiro atoms. The van der Waals surface area contributed by atoms with Crippen LogP contribution in [-0.2, 0) is 6.42 Å². The Morgan fingerprint density at radius 2 is 2.12 bits per heavy atom. The van der Waals surface area contributed by atoms with Crippen LogP contribution < -0.4 is 0 Å². The minimum Gasteiger partial charge on any atom is -0.295 e. The third-order valence-electron chi connectivity index (χ3n) is 3.41. The van der Waals surface area contributed by atoms with E-state index in [1.165, 1.54) is 18.9 Å². The third-order valence-corrected chi connectivity index (χ3v) is 4.40. The molecule has 1 radical (unpaired) electrons. The molecular formula is C15H24NS. The predicted molar refractivity (Wildman–Crippen MR) is 76.4 cm³/mol. The second-order valence-corrected chi connectivity index (χ2v) is 7.50. The van der Waals surface area contributed by atoms with E-state index in [4.69, 9.17) is 0 Å². The van der Waals surface area contributed by atoms with Crippen molar-refractivity contribution in [2.75, 3.05) is 13.1 Å². The van der Waals surface area contributed by atoms with Crippen LogP contribution in [0.5, 0.6) is 0 Å². The van der Waals surface area contributed by atoms with Crippen LogP contribution in [0.4, 0.5) is 0 Å². The van der Waals surface area contributed by atoms with Crippen LogP contribution in [-0.4, -0.2) is 18.0 Å². The first kappa shape index (κ1) is 13.1. The highest BCUT2D eigenvalue weighted by molar-refractivity contribution is 7.10. The molecule has 1 unspecified atom stereocenters. The number of nitrogens with zero attached hydrogens (tertiary/aromatic N) is 1. The molecule has 0 amide bonds. The molecule has 0 aromatic carbocycles. The standard InChI is InChI=1S/C15H24NS/c1-11(2)10-16-8-6-13-12(7-9-17-13)14(16)15(3,4)5/h7,9,14H,6,8,10H2,1-5H3. The SMILES string of the molecule is C[C](C)CN1CCc2sccc2C1C(C)(C)C. The minimum atomic E-state index is 0.311. The second-order valence-electron chi connectivity index (χ2n) is 6.50. The van der Waals surface area contributed by atoms with Gasteiger partial charge in [0, 0.05) is 24.0 Å². The molecule has 1 aliphatic rings. The van der Waals surface area contributed by atoms with E-state index < -0.39 is 0 Å². The Labute approximate surface area is 110 Å². The maximum Gasteiger partial charge on any atom is 0.0407 e. The fourth-order valence-corrected chi connectivity index (χ4v) is 3.86. The Hall–Kier alpha value is -0.340. The summed E-state index contributed by atoms with van der Waals surface area (Å²) in [6.07, 6.45) is 1.23. The maximum atomic E-state index is 2.66. The van der Waals surface area contributed by atoms with Crippen molar-refractivity contribution in [3.8, 4) is 0 Å². The molecule has 0 saturated heterocycles. The summed E-state index contributed by atoms with van der Waals surface area (Å²) in [5.74, 6) is 1.51. The topological polar surface area (TPSA) is 3.24 Å². The summed E-state index contributed by atoms with van der Waals surface area (Å²) < 4.78 is 0. The van der Waals surface area contributed by atoms with E-state index >= 15 is 0 Å². The van der Waals surface area contributed by atoms with E-state index in [1.807, 2.05) is 11.3 Å². The summed E-state index contributed by atoms with van der Waals surface area (Å²) in [6, 6.07) is 2.92. The molecule has 95 valence electrons. The average molecular weight is 250 g/mol. The van der Waals surface area contributed by atoms with Gasteiger partial charge < -0.3 is 0 Å². The summed E-state index contributed by atoms with van der Waals surface area (Å²) in [4.78, 5) is 4.26. The lowest BCUT2D eigenvalue weighted by atomic mass is 9.79. The Balaban J connectivity index is 2.31. The molecule has 0 fully saturated rings. The normalized spacial score (nSPS) is 21.9. The molecule has 1 aliphatic heterocycles. The summed E-state index contributed by atoms with van der Waals surface area (Å²) in [7, 11) is 0. The number of hydrogen-bond acceptors (Lipinski definition) is 2. The second kappa shape index (κ2) is 4.74. The molecule has 0 N–H and O–H groups in total. The zero-order chi connectivity index (χ0) is 12.6. The highest BCUT2D eigenvalue weighted by atomic mass is 32.1. The number of hydrogen-bond donors (Lipinski definition) is 0. The lowest BCUT2D eigenvalue weighted by Crippen LogP contribution is -2.42. The van der Waals surface area contributed by atoms with Crippen molar-refractivity contribution in [1.29, 1.82) is 0 Å². The fourth-order valence-electron chi connectivity index (χ4n) is 2.96. The van der Waals surface area contributed by atoms with Crippen LogP contribution in [0.3, 0.4) is 0 Å². The smallest absolute Gasteiger partial charge is 0.0407 e. The van der Waals surface area contributed by atoms with Gasteiger partial charge in [0.15, 0.2) is 0 Å². The van der Waals surface area contributed by atoms with Crippen LogP contribution >= 0.6 is 11.3 Å². The van der Waals surface area contributed by atoms with E-state index in [1.54, 1.807) is 10.4 Å². The van der Waals surface area contributed by atoms with Gasteiger partial charge in [-0.3, -0.25) is 4.90 Å². The van der Waals surface area contributed by atoms with Gasteiger partial charge in [-0.2, -0.15) is 0 Å². The van der Waals surface area contributed by atoms with Gasteiger partial charge in [0.1, 0.15) is 0 Å². The summed E-state index contributed by atoms with van der Waals surface area (Å²) >= 11 is 1.93. The average Bonchev–Trinajstić information content (AvgIpc) is 2.61. The first-order valence-corrected chi connectivity index (χ1v) is 7.37. The Bertz CT molecular complexity index is 373. The third kappa shape index (κ3) is 2.74. The molecule has 1 aromatic rings. The van der Waals surface area contributed by atoms with Crippen molar-refractivity contribution < 1.29 is 0 Å². The predicted octanol–water partition coefficient (Wildman–Crippen LogP) is 4.31. The summed E-state index contributed by atoms with van der Waals surface area (Å²) in [6.45, 7) is 13.9. The van der Waals surface area contributed by atoms with Gasteiger partial charge in [0.25, 0.3) is 0 Å². The first-order chi connectivity index (χ1) is 7.89. The molecular weight excluding hydrogens is 226 g/mol. The largest absolute Gasteiger partial charge is 0.295 e. The molecule has 1 aromatic heterocycles. The molecule has 1 nitrogen and oxygen atoms in total. The van der Waals surface area contributed by atoms with E-state index in [2.05, 4.69) is 51.0 Å². The van der Waals surface area contributed by atoms with Crippen molar-refractivity contribution in [3.05, 3.63) is 27.8 Å². The van der Waals surface area contributed by atoms with Crippen LogP contribution in [0.1, 0.15) is 51.1 Å². The number of rotatable bonds is 2. The lowest BCUT2D eigenvalue weighted by molar-refractivity contribution is 0.0948. The molecule has 0 saturated carbocycles. The minimum absolute atomic E-state index is 0.311. The monoisotopic (exact) mass is 250 g/mol. The zero-order valence-electron chi connectivity index (χ0n) is 11.7. The van der Waals surface area contributed by atoms with Gasteiger partial charge in [0.2, 0.25) is 0 Å². The molecule has 0 bridgehead atoms. The van der Waals surface area contributed by atoms with Gasteiger partial charge in [0.05, 0.1) is 0 Å². The summed E-state index contributed by atoms with van der Waals surface area (Å²) in [5, 5.41) is 2.26. The van der Waals surface area contributed by atoms with E-state index in [-0.39, 0.29) is 0 Å². The van der Waals surface area contributed by atoms with Crippen molar-refractivity contribution in [2.24, 2.45) is 5.41 Å². The van der Waals surface area contributed by atoms with E-state index in [0.717, 1.165) is 6.54 Å². The molecule has 17 heavy (non-hydrogen) atoms. The van der Waals surface area contributed by atoms with Crippen molar-refractivity contribution >= 4 is 11.3 Å². The molecule has 2 heteroatoms. The van der Waals surface area contributed by atoms with Crippen LogP contribution in [0.2, 0.25) is 0 Å². The number of thiophene rings is 1. The summed E-state index contributed by atoms with van der Waals surface area (Å²) in [5.41, 5.74) is 1.89. The maximum absolute atomic E-state index is 2.66. The fraction of sp³-hybridized carbons (Fsp3) is 0.667. The quantitative estimate of drug-likeness (QED) is 0.756. The van der Waals surface area contributed by atoms with Gasteiger partial charge in [-0.1, -0.05) is 34.6 Å². The van der Waals surface area contributed by atoms with Crippen molar-refractivity contribution in [3.63, 3.8) is 0 Å². The highest BCUT2D eigenvalue weighted by Crippen LogP contribution is 2.44. The Morgan fingerprint density at radius 3 is 2.71 bits per heavy atom. The Kier molecular flexibility index (Phi) is 3.65.